The van der Waals surface area contributed by atoms with Crippen LogP contribution in [0.15, 0.2) is 0 Å². The van der Waals surface area contributed by atoms with E-state index in [1.807, 2.05) is 13.8 Å². The molecular formula is C12H21N3O4. The summed E-state index contributed by atoms with van der Waals surface area (Å²) in [5, 5.41) is 11.3. The Balaban J connectivity index is 2.41. The second kappa shape index (κ2) is 6.40. The number of urea groups is 1. The molecule has 0 aromatic heterocycles. The highest BCUT2D eigenvalue weighted by Crippen LogP contribution is 2.15. The summed E-state index contributed by atoms with van der Waals surface area (Å²) < 4.78 is 0. The van der Waals surface area contributed by atoms with Crippen molar-refractivity contribution in [3.05, 3.63) is 0 Å². The van der Waals surface area contributed by atoms with E-state index in [4.69, 9.17) is 5.11 Å². The van der Waals surface area contributed by atoms with Crippen LogP contribution in [-0.2, 0) is 9.59 Å². The second-order valence-electron chi connectivity index (χ2n) is 4.62. The molecule has 0 bridgehead atoms. The number of likely N-dealkylation sites (tertiary alicyclic amines) is 1. The third kappa shape index (κ3) is 3.59. The van der Waals surface area contributed by atoms with Crippen LogP contribution in [0.5, 0.6) is 0 Å². The molecule has 19 heavy (non-hydrogen) atoms. The Morgan fingerprint density at radius 1 is 1.32 bits per heavy atom. The van der Waals surface area contributed by atoms with E-state index >= 15 is 0 Å². The average molecular weight is 271 g/mol. The fraction of sp³-hybridized carbons (Fsp3) is 0.750. The zero-order valence-electron chi connectivity index (χ0n) is 11.5. The lowest BCUT2D eigenvalue weighted by Crippen LogP contribution is -2.59. The molecule has 2 N–H and O–H groups in total. The van der Waals surface area contributed by atoms with Gasteiger partial charge >= 0.3 is 12.0 Å². The molecule has 0 aromatic rings. The van der Waals surface area contributed by atoms with Crippen molar-refractivity contribution in [3.63, 3.8) is 0 Å². The minimum Gasteiger partial charge on any atom is -0.481 e. The van der Waals surface area contributed by atoms with Crippen LogP contribution < -0.4 is 5.32 Å². The molecule has 0 aliphatic carbocycles. The SMILES string of the molecule is CCN(CC)C(=O)C(C)NC(=O)N1CC(C(=O)O)C1. The molecule has 0 spiro atoms. The molecule has 1 aliphatic heterocycles. The topological polar surface area (TPSA) is 90.0 Å². The van der Waals surface area contributed by atoms with Crippen LogP contribution in [0.3, 0.4) is 0 Å². The first-order chi connectivity index (χ1) is 8.90. The van der Waals surface area contributed by atoms with E-state index in [1.165, 1.54) is 4.90 Å². The van der Waals surface area contributed by atoms with Gasteiger partial charge in [0.25, 0.3) is 0 Å². The van der Waals surface area contributed by atoms with Gasteiger partial charge in [-0.25, -0.2) is 4.79 Å². The molecule has 0 saturated carbocycles. The molecule has 1 heterocycles. The number of hydrogen-bond donors (Lipinski definition) is 2. The molecular weight excluding hydrogens is 250 g/mol. The number of rotatable bonds is 5. The lowest BCUT2D eigenvalue weighted by atomic mass is 10.0. The predicted molar refractivity (Wildman–Crippen MR) is 68.6 cm³/mol. The molecule has 3 amide bonds. The van der Waals surface area contributed by atoms with Crippen molar-refractivity contribution < 1.29 is 19.5 Å². The number of aliphatic carboxylic acids is 1. The minimum absolute atomic E-state index is 0.131. The van der Waals surface area contributed by atoms with Gasteiger partial charge in [0.05, 0.1) is 5.92 Å². The van der Waals surface area contributed by atoms with Crippen LogP contribution in [0.1, 0.15) is 20.8 Å². The molecule has 7 heteroatoms. The van der Waals surface area contributed by atoms with E-state index in [0.29, 0.717) is 13.1 Å². The van der Waals surface area contributed by atoms with E-state index in [2.05, 4.69) is 5.32 Å². The smallest absolute Gasteiger partial charge is 0.318 e. The number of nitrogens with one attached hydrogen (secondary N) is 1. The van der Waals surface area contributed by atoms with Gasteiger partial charge in [-0.2, -0.15) is 0 Å². The number of carbonyl (C=O) groups is 3. The summed E-state index contributed by atoms with van der Waals surface area (Å²) in [6, 6.07) is -0.984. The average Bonchev–Trinajstić information content (AvgIpc) is 2.27. The van der Waals surface area contributed by atoms with Gasteiger partial charge in [-0.05, 0) is 20.8 Å². The normalized spacial score (nSPS) is 16.5. The van der Waals surface area contributed by atoms with Crippen LogP contribution in [0, 0.1) is 5.92 Å². The third-order valence-corrected chi connectivity index (χ3v) is 3.30. The van der Waals surface area contributed by atoms with Gasteiger partial charge in [0.2, 0.25) is 5.91 Å². The summed E-state index contributed by atoms with van der Waals surface area (Å²) in [7, 11) is 0. The Morgan fingerprint density at radius 2 is 1.84 bits per heavy atom. The van der Waals surface area contributed by atoms with Gasteiger partial charge in [-0.1, -0.05) is 0 Å². The number of carboxylic acid groups (broad SMARTS) is 1. The van der Waals surface area contributed by atoms with Gasteiger partial charge in [0.15, 0.2) is 0 Å². The highest BCUT2D eigenvalue weighted by Gasteiger charge is 2.36. The van der Waals surface area contributed by atoms with Crippen LogP contribution in [-0.4, -0.2) is 65.0 Å². The Morgan fingerprint density at radius 3 is 2.26 bits per heavy atom. The van der Waals surface area contributed by atoms with E-state index in [0.717, 1.165) is 0 Å². The highest BCUT2D eigenvalue weighted by molar-refractivity contribution is 5.87. The zero-order chi connectivity index (χ0) is 14.6. The lowest BCUT2D eigenvalue weighted by molar-refractivity contribution is -0.146. The monoisotopic (exact) mass is 271 g/mol. The van der Waals surface area contributed by atoms with Crippen LogP contribution >= 0.6 is 0 Å². The van der Waals surface area contributed by atoms with E-state index in [-0.39, 0.29) is 25.0 Å². The fourth-order valence-corrected chi connectivity index (χ4v) is 1.95. The maximum Gasteiger partial charge on any atom is 0.318 e. The summed E-state index contributed by atoms with van der Waals surface area (Å²) in [5.74, 6) is -1.51. The first-order valence-corrected chi connectivity index (χ1v) is 6.47. The minimum atomic E-state index is -0.892. The van der Waals surface area contributed by atoms with Crippen molar-refractivity contribution >= 4 is 17.9 Å². The Kier molecular flexibility index (Phi) is 5.14. The number of carbonyl (C=O) groups excluding carboxylic acids is 2. The maximum atomic E-state index is 11.9. The molecule has 7 nitrogen and oxygen atoms in total. The number of amides is 3. The molecule has 108 valence electrons. The summed E-state index contributed by atoms with van der Waals surface area (Å²) >= 11 is 0. The number of hydrogen-bond acceptors (Lipinski definition) is 3. The van der Waals surface area contributed by atoms with Gasteiger partial charge in [0, 0.05) is 26.2 Å². The number of likely N-dealkylation sites (N-methyl/N-ethyl adjacent to an activating group) is 1. The third-order valence-electron chi connectivity index (χ3n) is 3.30. The molecule has 1 aliphatic rings. The summed E-state index contributed by atoms with van der Waals surface area (Å²) in [5.41, 5.74) is 0. The van der Waals surface area contributed by atoms with E-state index in [9.17, 15) is 14.4 Å². The highest BCUT2D eigenvalue weighted by atomic mass is 16.4. The van der Waals surface area contributed by atoms with E-state index < -0.39 is 17.9 Å². The fourth-order valence-electron chi connectivity index (χ4n) is 1.95. The van der Waals surface area contributed by atoms with Crippen LogP contribution in [0.25, 0.3) is 0 Å². The molecule has 1 fully saturated rings. The first-order valence-electron chi connectivity index (χ1n) is 6.47. The zero-order valence-corrected chi connectivity index (χ0v) is 11.5. The molecule has 1 atom stereocenters. The quantitative estimate of drug-likeness (QED) is 0.734. The largest absolute Gasteiger partial charge is 0.481 e. The van der Waals surface area contributed by atoms with Crippen molar-refractivity contribution in [2.45, 2.75) is 26.8 Å². The Bertz CT molecular complexity index is 362. The Labute approximate surface area is 112 Å². The van der Waals surface area contributed by atoms with E-state index in [1.54, 1.807) is 11.8 Å². The number of nitrogens with zero attached hydrogens (tertiary/aromatic N) is 2. The van der Waals surface area contributed by atoms with Gasteiger partial charge in [-0.15, -0.1) is 0 Å². The first kappa shape index (κ1) is 15.3. The maximum absolute atomic E-state index is 11.9. The molecule has 0 radical (unpaired) electrons. The van der Waals surface area contributed by atoms with Crippen LogP contribution in [0.2, 0.25) is 0 Å². The van der Waals surface area contributed by atoms with Gasteiger partial charge < -0.3 is 20.2 Å². The summed E-state index contributed by atoms with van der Waals surface area (Å²) in [6.45, 7) is 6.99. The molecule has 1 unspecified atom stereocenters. The standard InChI is InChI=1S/C12H21N3O4/c1-4-14(5-2)10(16)8(3)13-12(19)15-6-9(7-15)11(17)18/h8-9H,4-7H2,1-3H3,(H,13,19)(H,17,18). The van der Waals surface area contributed by atoms with Crippen molar-refractivity contribution in [1.82, 2.24) is 15.1 Å². The molecule has 1 saturated heterocycles. The molecule has 0 aromatic carbocycles. The molecule has 1 rings (SSSR count). The van der Waals surface area contributed by atoms with Gasteiger partial charge in [0.1, 0.15) is 6.04 Å². The number of carboxylic acids is 1. The second-order valence-corrected chi connectivity index (χ2v) is 4.62. The van der Waals surface area contributed by atoms with Gasteiger partial charge in [-0.3, -0.25) is 9.59 Å². The predicted octanol–water partition coefficient (Wildman–Crippen LogP) is -0.0307. The summed E-state index contributed by atoms with van der Waals surface area (Å²) in [4.78, 5) is 37.4. The summed E-state index contributed by atoms with van der Waals surface area (Å²) in [6.07, 6.45) is 0. The Hall–Kier alpha value is -1.79. The van der Waals surface area contributed by atoms with Crippen molar-refractivity contribution in [1.29, 1.82) is 0 Å². The van der Waals surface area contributed by atoms with Crippen LogP contribution in [0.4, 0.5) is 4.79 Å². The van der Waals surface area contributed by atoms with Crippen molar-refractivity contribution in [3.8, 4) is 0 Å². The lowest BCUT2D eigenvalue weighted by Gasteiger charge is -2.37. The van der Waals surface area contributed by atoms with Crippen molar-refractivity contribution in [2.75, 3.05) is 26.2 Å². The van der Waals surface area contributed by atoms with Crippen molar-refractivity contribution in [2.24, 2.45) is 5.92 Å².